The molecule has 1 aromatic rings. The molecular formula is C15H22ClN3. The highest BCUT2D eigenvalue weighted by Gasteiger charge is 2.22. The largest absolute Gasteiger partial charge is 0.384 e. The molecule has 19 heavy (non-hydrogen) atoms. The highest BCUT2D eigenvalue weighted by Crippen LogP contribution is 2.31. The number of nitrogens with zero attached hydrogens (tertiary/aromatic N) is 1. The Balaban J connectivity index is 2.13. The van der Waals surface area contributed by atoms with E-state index in [1.54, 1.807) is 0 Å². The Labute approximate surface area is 120 Å². The van der Waals surface area contributed by atoms with Gasteiger partial charge in [-0.25, -0.2) is 0 Å². The van der Waals surface area contributed by atoms with Crippen LogP contribution in [0.1, 0.15) is 38.2 Å². The molecule has 0 aromatic heterocycles. The van der Waals surface area contributed by atoms with E-state index in [-0.39, 0.29) is 5.84 Å². The lowest BCUT2D eigenvalue weighted by molar-refractivity contribution is 0.341. The molecule has 0 bridgehead atoms. The number of nitrogens with two attached hydrogens (primary N) is 1. The van der Waals surface area contributed by atoms with Gasteiger partial charge in [0.25, 0.3) is 0 Å². The summed E-state index contributed by atoms with van der Waals surface area (Å²) in [4.78, 5) is 2.31. The number of hydrogen-bond acceptors (Lipinski definition) is 2. The highest BCUT2D eigenvalue weighted by atomic mass is 35.5. The first-order chi connectivity index (χ1) is 8.99. The van der Waals surface area contributed by atoms with Crippen LogP contribution in [0, 0.1) is 11.3 Å². The molecule has 1 fully saturated rings. The zero-order valence-corrected chi connectivity index (χ0v) is 12.4. The molecule has 4 heteroatoms. The van der Waals surface area contributed by atoms with E-state index >= 15 is 0 Å². The molecule has 0 saturated heterocycles. The minimum absolute atomic E-state index is 0.0192. The second-order valence-electron chi connectivity index (χ2n) is 5.60. The lowest BCUT2D eigenvalue weighted by Crippen LogP contribution is -2.34. The Hall–Kier alpha value is -1.22. The van der Waals surface area contributed by atoms with Crippen molar-refractivity contribution in [2.24, 2.45) is 11.7 Å². The molecule has 1 aliphatic rings. The number of anilines is 1. The molecule has 3 nitrogen and oxygen atoms in total. The molecule has 0 unspecified atom stereocenters. The Morgan fingerprint density at radius 1 is 1.32 bits per heavy atom. The molecule has 1 aliphatic carbocycles. The summed E-state index contributed by atoms with van der Waals surface area (Å²) < 4.78 is 0. The van der Waals surface area contributed by atoms with Crippen molar-refractivity contribution in [1.82, 2.24) is 0 Å². The molecule has 3 N–H and O–H groups in total. The number of halogens is 1. The van der Waals surface area contributed by atoms with Gasteiger partial charge in [0.05, 0.1) is 5.02 Å². The summed E-state index contributed by atoms with van der Waals surface area (Å²) in [5.74, 6) is 0.874. The Bertz CT molecular complexity index is 464. The first-order valence-electron chi connectivity index (χ1n) is 6.86. The molecule has 1 saturated carbocycles. The van der Waals surface area contributed by atoms with Crippen LogP contribution in [0.2, 0.25) is 5.02 Å². The van der Waals surface area contributed by atoms with Gasteiger partial charge in [0.15, 0.2) is 0 Å². The number of rotatable bonds is 3. The summed E-state index contributed by atoms with van der Waals surface area (Å²) in [6, 6.07) is 6.34. The number of hydrogen-bond donors (Lipinski definition) is 2. The Morgan fingerprint density at radius 2 is 1.95 bits per heavy atom. The van der Waals surface area contributed by atoms with E-state index in [0.717, 1.165) is 11.6 Å². The highest BCUT2D eigenvalue weighted by molar-refractivity contribution is 6.34. The maximum absolute atomic E-state index is 7.45. The Kier molecular flexibility index (Phi) is 4.35. The van der Waals surface area contributed by atoms with E-state index in [1.807, 2.05) is 18.2 Å². The van der Waals surface area contributed by atoms with Crippen LogP contribution < -0.4 is 10.6 Å². The van der Waals surface area contributed by atoms with Crippen LogP contribution in [0.15, 0.2) is 18.2 Å². The van der Waals surface area contributed by atoms with E-state index in [2.05, 4.69) is 18.9 Å². The van der Waals surface area contributed by atoms with Crippen molar-refractivity contribution in [3.05, 3.63) is 28.8 Å². The molecule has 1 aromatic carbocycles. The third-order valence-corrected chi connectivity index (χ3v) is 4.50. The zero-order chi connectivity index (χ0) is 14.0. The van der Waals surface area contributed by atoms with Gasteiger partial charge in [0, 0.05) is 24.3 Å². The SMILES string of the molecule is CC1CCC(N(C)c2ccc(C(=N)N)c(Cl)c2)CC1. The molecule has 104 valence electrons. The summed E-state index contributed by atoms with van der Waals surface area (Å²) in [6.45, 7) is 2.33. The van der Waals surface area contributed by atoms with Gasteiger partial charge in [-0.1, -0.05) is 18.5 Å². The maximum atomic E-state index is 7.45. The monoisotopic (exact) mass is 279 g/mol. The second kappa shape index (κ2) is 5.83. The zero-order valence-electron chi connectivity index (χ0n) is 11.6. The van der Waals surface area contributed by atoms with Gasteiger partial charge in [0.1, 0.15) is 5.84 Å². The standard InChI is InChI=1S/C15H22ClN3/c1-10-3-5-11(6-4-10)19(2)12-7-8-13(15(17)18)14(16)9-12/h7-11H,3-6H2,1-2H3,(H3,17,18). The predicted octanol–water partition coefficient (Wildman–Crippen LogP) is 3.64. The van der Waals surface area contributed by atoms with E-state index in [9.17, 15) is 0 Å². The molecule has 0 radical (unpaired) electrons. The van der Waals surface area contributed by atoms with Crippen LogP contribution in [-0.4, -0.2) is 18.9 Å². The van der Waals surface area contributed by atoms with Gasteiger partial charge in [-0.05, 0) is 49.8 Å². The van der Waals surface area contributed by atoms with Gasteiger partial charge in [-0.15, -0.1) is 0 Å². The lowest BCUT2D eigenvalue weighted by Gasteiger charge is -2.35. The average Bonchev–Trinajstić information content (AvgIpc) is 2.38. The summed E-state index contributed by atoms with van der Waals surface area (Å²) >= 11 is 6.18. The topological polar surface area (TPSA) is 53.1 Å². The van der Waals surface area contributed by atoms with Crippen molar-refractivity contribution in [1.29, 1.82) is 5.41 Å². The molecule has 0 spiro atoms. The minimum Gasteiger partial charge on any atom is -0.384 e. The van der Waals surface area contributed by atoms with E-state index in [4.69, 9.17) is 22.7 Å². The van der Waals surface area contributed by atoms with Crippen LogP contribution in [0.5, 0.6) is 0 Å². The fourth-order valence-corrected chi connectivity index (χ4v) is 3.06. The number of nitrogen functional groups attached to an aromatic ring is 1. The smallest absolute Gasteiger partial charge is 0.124 e. The molecule has 0 atom stereocenters. The van der Waals surface area contributed by atoms with Crippen LogP contribution >= 0.6 is 11.6 Å². The Morgan fingerprint density at radius 3 is 2.47 bits per heavy atom. The number of amidine groups is 1. The van der Waals surface area contributed by atoms with Crippen molar-refractivity contribution in [3.8, 4) is 0 Å². The second-order valence-corrected chi connectivity index (χ2v) is 6.01. The third-order valence-electron chi connectivity index (χ3n) is 4.18. The van der Waals surface area contributed by atoms with E-state index < -0.39 is 0 Å². The predicted molar refractivity (Wildman–Crippen MR) is 82.3 cm³/mol. The molecule has 0 aliphatic heterocycles. The normalized spacial score (nSPS) is 23.1. The van der Waals surface area contributed by atoms with Crippen molar-refractivity contribution in [2.75, 3.05) is 11.9 Å². The van der Waals surface area contributed by atoms with Gasteiger partial charge < -0.3 is 10.6 Å². The minimum atomic E-state index is 0.0192. The number of nitrogens with one attached hydrogen (secondary N) is 1. The third kappa shape index (κ3) is 3.21. The fourth-order valence-electron chi connectivity index (χ4n) is 2.78. The summed E-state index contributed by atoms with van der Waals surface area (Å²) in [7, 11) is 2.12. The molecule has 0 amide bonds. The van der Waals surface area contributed by atoms with Gasteiger partial charge >= 0.3 is 0 Å². The molecule has 2 rings (SSSR count). The van der Waals surface area contributed by atoms with Gasteiger partial charge in [-0.2, -0.15) is 0 Å². The molecular weight excluding hydrogens is 258 g/mol. The van der Waals surface area contributed by atoms with Crippen LogP contribution in [0.25, 0.3) is 0 Å². The van der Waals surface area contributed by atoms with Crippen LogP contribution in [0.4, 0.5) is 5.69 Å². The van der Waals surface area contributed by atoms with E-state index in [1.165, 1.54) is 25.7 Å². The first kappa shape index (κ1) is 14.2. The van der Waals surface area contributed by atoms with Crippen LogP contribution in [0.3, 0.4) is 0 Å². The average molecular weight is 280 g/mol. The van der Waals surface area contributed by atoms with Crippen molar-refractivity contribution in [3.63, 3.8) is 0 Å². The fraction of sp³-hybridized carbons (Fsp3) is 0.533. The van der Waals surface area contributed by atoms with E-state index in [0.29, 0.717) is 16.6 Å². The van der Waals surface area contributed by atoms with Crippen molar-refractivity contribution >= 4 is 23.1 Å². The van der Waals surface area contributed by atoms with Gasteiger partial charge in [-0.3, -0.25) is 5.41 Å². The van der Waals surface area contributed by atoms with Gasteiger partial charge in [0.2, 0.25) is 0 Å². The maximum Gasteiger partial charge on any atom is 0.124 e. The van der Waals surface area contributed by atoms with Crippen molar-refractivity contribution in [2.45, 2.75) is 38.6 Å². The summed E-state index contributed by atoms with van der Waals surface area (Å²) in [5, 5.41) is 8.01. The number of benzene rings is 1. The molecule has 0 heterocycles. The van der Waals surface area contributed by atoms with Crippen LogP contribution in [-0.2, 0) is 0 Å². The first-order valence-corrected chi connectivity index (χ1v) is 7.23. The summed E-state index contributed by atoms with van der Waals surface area (Å²) in [5.41, 5.74) is 7.20. The summed E-state index contributed by atoms with van der Waals surface area (Å²) in [6.07, 6.45) is 5.08. The lowest BCUT2D eigenvalue weighted by atomic mass is 9.86. The van der Waals surface area contributed by atoms with Crippen molar-refractivity contribution < 1.29 is 0 Å². The quantitative estimate of drug-likeness (QED) is 0.656.